The van der Waals surface area contributed by atoms with E-state index in [1.54, 1.807) is 4.90 Å². The zero-order chi connectivity index (χ0) is 19.1. The second kappa shape index (κ2) is 9.26. The maximum Gasteiger partial charge on any atom is 0.409 e. The van der Waals surface area contributed by atoms with Crippen LogP contribution in [0.3, 0.4) is 0 Å². The van der Waals surface area contributed by atoms with Crippen LogP contribution in [0.5, 0.6) is 0 Å². The van der Waals surface area contributed by atoms with Gasteiger partial charge >= 0.3 is 6.09 Å². The highest BCUT2D eigenvalue weighted by molar-refractivity contribution is 5.94. The number of ether oxygens (including phenoxy) is 1. The fourth-order valence-corrected chi connectivity index (χ4v) is 3.16. The summed E-state index contributed by atoms with van der Waals surface area (Å²) < 4.78 is 7.24. The van der Waals surface area contributed by atoms with Crippen LogP contribution in [-0.2, 0) is 4.74 Å². The van der Waals surface area contributed by atoms with Crippen LogP contribution >= 0.6 is 0 Å². The molecule has 0 bridgehead atoms. The predicted molar refractivity (Wildman–Crippen MR) is 104 cm³/mol. The van der Waals surface area contributed by atoms with Crippen LogP contribution in [-0.4, -0.2) is 47.2 Å². The van der Waals surface area contributed by atoms with Gasteiger partial charge in [0.15, 0.2) is 0 Å². The number of piperidine rings is 1. The third-order valence-corrected chi connectivity index (χ3v) is 4.84. The Labute approximate surface area is 160 Å². The highest BCUT2D eigenvalue weighted by Crippen LogP contribution is 2.14. The molecule has 0 saturated carbocycles. The molecule has 0 unspecified atom stereocenters. The Morgan fingerprint density at radius 1 is 1.11 bits per heavy atom. The molecule has 144 valence electrons. The van der Waals surface area contributed by atoms with Crippen molar-refractivity contribution in [2.24, 2.45) is 0 Å². The molecule has 27 heavy (non-hydrogen) atoms. The van der Waals surface area contributed by atoms with E-state index in [2.05, 4.69) is 12.2 Å². The van der Waals surface area contributed by atoms with Gasteiger partial charge in [0.25, 0.3) is 5.91 Å². The number of unbranched alkanes of at least 4 members (excludes halogenated alkanes) is 1. The number of nitrogens with one attached hydrogen (secondary N) is 1. The van der Waals surface area contributed by atoms with Crippen LogP contribution in [0.4, 0.5) is 4.79 Å². The minimum atomic E-state index is -0.242. The van der Waals surface area contributed by atoms with Crippen molar-refractivity contribution >= 4 is 12.0 Å². The summed E-state index contributed by atoms with van der Waals surface area (Å²) in [7, 11) is 0. The van der Waals surface area contributed by atoms with Gasteiger partial charge in [-0.05, 0) is 55.7 Å². The molecule has 1 aliphatic rings. The maximum absolute atomic E-state index is 12.5. The van der Waals surface area contributed by atoms with Gasteiger partial charge in [-0.25, -0.2) is 4.79 Å². The van der Waals surface area contributed by atoms with E-state index in [0.29, 0.717) is 25.3 Å². The average molecular weight is 369 g/mol. The van der Waals surface area contributed by atoms with E-state index in [1.165, 1.54) is 0 Å². The number of hydrogen-bond donors (Lipinski definition) is 1. The van der Waals surface area contributed by atoms with Crippen molar-refractivity contribution in [3.05, 3.63) is 54.4 Å². The Morgan fingerprint density at radius 2 is 1.78 bits per heavy atom. The van der Waals surface area contributed by atoms with Gasteiger partial charge in [0.2, 0.25) is 0 Å². The van der Waals surface area contributed by atoms with Crippen molar-refractivity contribution < 1.29 is 14.3 Å². The van der Waals surface area contributed by atoms with E-state index >= 15 is 0 Å². The molecule has 2 amide bonds. The molecule has 1 aromatic heterocycles. The first-order valence-corrected chi connectivity index (χ1v) is 9.63. The smallest absolute Gasteiger partial charge is 0.409 e. The lowest BCUT2D eigenvalue weighted by atomic mass is 10.0. The molecule has 2 heterocycles. The predicted octanol–water partition coefficient (Wildman–Crippen LogP) is 3.61. The van der Waals surface area contributed by atoms with Crippen molar-refractivity contribution in [2.45, 2.75) is 38.6 Å². The minimum Gasteiger partial charge on any atom is -0.449 e. The normalized spacial score (nSPS) is 14.8. The van der Waals surface area contributed by atoms with Crippen molar-refractivity contribution in [2.75, 3.05) is 19.7 Å². The molecule has 0 aliphatic carbocycles. The molecule has 0 spiro atoms. The molecular weight excluding hydrogens is 342 g/mol. The molecule has 3 rings (SSSR count). The number of nitrogens with zero attached hydrogens (tertiary/aromatic N) is 2. The van der Waals surface area contributed by atoms with Gasteiger partial charge < -0.3 is 19.5 Å². The van der Waals surface area contributed by atoms with Gasteiger partial charge in [0, 0.05) is 42.8 Å². The maximum atomic E-state index is 12.5. The number of aromatic nitrogens is 1. The van der Waals surface area contributed by atoms with E-state index in [9.17, 15) is 9.59 Å². The lowest BCUT2D eigenvalue weighted by molar-refractivity contribution is 0.0836. The Bertz CT molecular complexity index is 733. The van der Waals surface area contributed by atoms with Gasteiger partial charge in [-0.15, -0.1) is 0 Å². The Morgan fingerprint density at radius 3 is 2.41 bits per heavy atom. The van der Waals surface area contributed by atoms with Crippen molar-refractivity contribution in [3.8, 4) is 5.69 Å². The van der Waals surface area contributed by atoms with Gasteiger partial charge in [-0.2, -0.15) is 0 Å². The summed E-state index contributed by atoms with van der Waals surface area (Å²) in [5, 5.41) is 3.08. The van der Waals surface area contributed by atoms with Crippen molar-refractivity contribution in [3.63, 3.8) is 0 Å². The third kappa shape index (κ3) is 5.12. The molecule has 2 aromatic rings. The number of amides is 2. The fourth-order valence-electron chi connectivity index (χ4n) is 3.16. The van der Waals surface area contributed by atoms with E-state index in [4.69, 9.17) is 4.74 Å². The summed E-state index contributed by atoms with van der Waals surface area (Å²) in [6, 6.07) is 11.6. The van der Waals surface area contributed by atoms with Crippen LogP contribution in [0, 0.1) is 0 Å². The van der Waals surface area contributed by atoms with Crippen LogP contribution < -0.4 is 5.32 Å². The molecule has 1 aromatic carbocycles. The number of likely N-dealkylation sites (tertiary alicyclic amines) is 1. The summed E-state index contributed by atoms with van der Waals surface area (Å²) in [5.41, 5.74) is 1.67. The molecule has 6 nitrogen and oxygen atoms in total. The first-order chi connectivity index (χ1) is 13.2. The first-order valence-electron chi connectivity index (χ1n) is 9.63. The molecule has 1 aliphatic heterocycles. The molecule has 0 atom stereocenters. The molecule has 6 heteroatoms. The highest BCUT2D eigenvalue weighted by Gasteiger charge is 2.24. The summed E-state index contributed by atoms with van der Waals surface area (Å²) in [6.07, 6.45) is 7.09. The molecular formula is C21H27N3O3. The van der Waals surface area contributed by atoms with Gasteiger partial charge in [-0.1, -0.05) is 13.3 Å². The van der Waals surface area contributed by atoms with Crippen LogP contribution in [0.15, 0.2) is 48.8 Å². The van der Waals surface area contributed by atoms with Crippen molar-refractivity contribution in [1.29, 1.82) is 0 Å². The zero-order valence-corrected chi connectivity index (χ0v) is 15.8. The number of rotatable bonds is 6. The van der Waals surface area contributed by atoms with Gasteiger partial charge in [-0.3, -0.25) is 4.79 Å². The molecule has 1 saturated heterocycles. The number of carbonyl (C=O) groups is 2. The lowest BCUT2D eigenvalue weighted by Gasteiger charge is -2.31. The second-order valence-electron chi connectivity index (χ2n) is 6.84. The Kier molecular flexibility index (Phi) is 6.52. The van der Waals surface area contributed by atoms with Gasteiger partial charge in [0.1, 0.15) is 0 Å². The monoisotopic (exact) mass is 369 g/mol. The number of benzene rings is 1. The molecule has 1 fully saturated rings. The third-order valence-electron chi connectivity index (χ3n) is 4.84. The topological polar surface area (TPSA) is 63.6 Å². The standard InChI is InChI=1S/C21H27N3O3/c1-2-3-16-27-21(26)24-14-10-18(11-15-24)22-20(25)17-6-8-19(9-7-17)23-12-4-5-13-23/h4-9,12-13,18H,2-3,10-11,14-16H2,1H3,(H,22,25). The van der Waals surface area contributed by atoms with E-state index in [1.807, 2.05) is 53.4 Å². The number of hydrogen-bond acceptors (Lipinski definition) is 3. The SMILES string of the molecule is CCCCOC(=O)N1CCC(NC(=O)c2ccc(-n3cccc3)cc2)CC1. The number of carbonyl (C=O) groups excluding carboxylic acids is 2. The van der Waals surface area contributed by atoms with E-state index in [-0.39, 0.29) is 18.0 Å². The zero-order valence-electron chi connectivity index (χ0n) is 15.8. The average Bonchev–Trinajstić information content (AvgIpc) is 3.23. The van der Waals surface area contributed by atoms with Crippen LogP contribution in [0.25, 0.3) is 5.69 Å². The summed E-state index contributed by atoms with van der Waals surface area (Å²) >= 11 is 0. The second-order valence-corrected chi connectivity index (χ2v) is 6.84. The van der Waals surface area contributed by atoms with Crippen LogP contribution in [0.1, 0.15) is 43.0 Å². The van der Waals surface area contributed by atoms with Crippen LogP contribution in [0.2, 0.25) is 0 Å². The largest absolute Gasteiger partial charge is 0.449 e. The Balaban J connectivity index is 1.46. The van der Waals surface area contributed by atoms with Gasteiger partial charge in [0.05, 0.1) is 6.61 Å². The first kappa shape index (κ1) is 19.0. The summed E-state index contributed by atoms with van der Waals surface area (Å²) in [4.78, 5) is 26.2. The quantitative estimate of drug-likeness (QED) is 0.791. The highest BCUT2D eigenvalue weighted by atomic mass is 16.6. The fraction of sp³-hybridized carbons (Fsp3) is 0.429. The van der Waals surface area contributed by atoms with E-state index in [0.717, 1.165) is 31.4 Å². The molecule has 1 N–H and O–H groups in total. The summed E-state index contributed by atoms with van der Waals surface area (Å²) in [5.74, 6) is -0.0713. The van der Waals surface area contributed by atoms with E-state index < -0.39 is 0 Å². The van der Waals surface area contributed by atoms with Crippen molar-refractivity contribution in [1.82, 2.24) is 14.8 Å². The summed E-state index contributed by atoms with van der Waals surface area (Å²) in [6.45, 7) is 3.77. The molecule has 0 radical (unpaired) electrons. The minimum absolute atomic E-state index is 0.0713. The lowest BCUT2D eigenvalue weighted by Crippen LogP contribution is -2.46. The Hall–Kier alpha value is -2.76.